The van der Waals surface area contributed by atoms with Crippen molar-refractivity contribution < 1.29 is 18.8 Å². The van der Waals surface area contributed by atoms with Crippen LogP contribution in [0.1, 0.15) is 33.6 Å². The van der Waals surface area contributed by atoms with E-state index in [1.807, 2.05) is 0 Å². The molecule has 0 aromatic rings. The number of hydrogen-bond donors (Lipinski definition) is 2. The fourth-order valence-corrected chi connectivity index (χ4v) is 0.628. The molecule has 0 spiro atoms. The summed E-state index contributed by atoms with van der Waals surface area (Å²) in [6.45, 7) is 5.67. The number of hydrogen-bond acceptors (Lipinski definition) is 3. The van der Waals surface area contributed by atoms with E-state index in [2.05, 4.69) is 24.1 Å². The number of carbonyl (C=O) groups excluding carboxylic acids is 1. The van der Waals surface area contributed by atoms with Crippen molar-refractivity contribution in [2.24, 2.45) is 5.73 Å². The Hall–Kier alpha value is -0.380. The molecule has 2 atom stereocenters. The summed E-state index contributed by atoms with van der Waals surface area (Å²) in [5.41, 5.74) is 4.69. The highest BCUT2D eigenvalue weighted by Gasteiger charge is 2.09. The summed E-state index contributed by atoms with van der Waals surface area (Å²) in [6.07, 6.45) is 1.65. The molecule has 0 aliphatic heterocycles. The molecule has 0 saturated heterocycles. The predicted octanol–water partition coefficient (Wildman–Crippen LogP) is 1.07. The molecule has 5 nitrogen and oxygen atoms in total. The zero-order chi connectivity index (χ0) is 10.9. The van der Waals surface area contributed by atoms with Crippen LogP contribution in [-0.4, -0.2) is 16.9 Å². The van der Waals surface area contributed by atoms with Crippen molar-refractivity contribution in [1.82, 2.24) is 0 Å². The lowest BCUT2D eigenvalue weighted by atomic mass is 10.4. The quantitative estimate of drug-likeness (QED) is 0.680. The second kappa shape index (κ2) is 9.71. The molecular formula is C7H18NO4P. The average molecular weight is 211 g/mol. The predicted molar refractivity (Wildman–Crippen MR) is 51.5 cm³/mol. The van der Waals surface area contributed by atoms with Crippen molar-refractivity contribution >= 4 is 14.2 Å². The highest BCUT2D eigenvalue weighted by atomic mass is 31.1. The van der Waals surface area contributed by atoms with Crippen LogP contribution in [0, 0.1) is 0 Å². The number of rotatable bonds is 4. The van der Waals surface area contributed by atoms with E-state index in [-0.39, 0.29) is 0 Å². The van der Waals surface area contributed by atoms with E-state index < -0.39 is 20.3 Å². The monoisotopic (exact) mass is 211 g/mol. The van der Waals surface area contributed by atoms with Gasteiger partial charge in [-0.3, -0.25) is 13.9 Å². The van der Waals surface area contributed by atoms with E-state index in [1.165, 1.54) is 19.8 Å². The molecule has 0 radical (unpaired) electrons. The summed E-state index contributed by atoms with van der Waals surface area (Å²) in [4.78, 5) is 18.2. The summed E-state index contributed by atoms with van der Waals surface area (Å²) in [6, 6.07) is 0. The zero-order valence-corrected chi connectivity index (χ0v) is 9.24. The van der Waals surface area contributed by atoms with Gasteiger partial charge in [0.2, 0.25) is 5.91 Å². The van der Waals surface area contributed by atoms with Crippen molar-refractivity contribution in [1.29, 1.82) is 0 Å². The lowest BCUT2D eigenvalue weighted by Gasteiger charge is -2.03. The Morgan fingerprint density at radius 2 is 1.92 bits per heavy atom. The second-order valence-corrected chi connectivity index (χ2v) is 3.20. The zero-order valence-electron chi connectivity index (χ0n) is 8.24. The molecule has 0 aromatic heterocycles. The van der Waals surface area contributed by atoms with Crippen LogP contribution in [0.3, 0.4) is 0 Å². The van der Waals surface area contributed by atoms with E-state index in [0.29, 0.717) is 0 Å². The molecule has 0 heterocycles. The third-order valence-corrected chi connectivity index (χ3v) is 1.73. The Balaban J connectivity index is 0. The summed E-state index contributed by atoms with van der Waals surface area (Å²) in [5, 5.41) is 0. The van der Waals surface area contributed by atoms with Crippen molar-refractivity contribution in [3.63, 3.8) is 0 Å². The molecule has 0 bridgehead atoms. The van der Waals surface area contributed by atoms with Gasteiger partial charge < -0.3 is 10.6 Å². The van der Waals surface area contributed by atoms with Crippen LogP contribution in [0.5, 0.6) is 0 Å². The Morgan fingerprint density at radius 1 is 1.54 bits per heavy atom. The number of unbranched alkanes of at least 4 members (excludes halogenated alkanes) is 1. The maximum absolute atomic E-state index is 10.1. The van der Waals surface area contributed by atoms with Crippen LogP contribution >= 0.6 is 8.25 Å². The van der Waals surface area contributed by atoms with Crippen molar-refractivity contribution in [3.05, 3.63) is 0 Å². The van der Waals surface area contributed by atoms with Gasteiger partial charge in [0, 0.05) is 0 Å². The highest BCUT2D eigenvalue weighted by Crippen LogP contribution is 2.16. The lowest BCUT2D eigenvalue weighted by Crippen LogP contribution is -2.26. The average Bonchev–Trinajstić information content (AvgIpc) is 2.03. The third kappa shape index (κ3) is 14.5. The van der Waals surface area contributed by atoms with E-state index in [0.717, 1.165) is 0 Å². The summed E-state index contributed by atoms with van der Waals surface area (Å²) >= 11 is 0. The van der Waals surface area contributed by atoms with Crippen molar-refractivity contribution in [2.75, 3.05) is 0 Å². The van der Waals surface area contributed by atoms with Gasteiger partial charge in [-0.25, -0.2) is 0 Å². The second-order valence-electron chi connectivity index (χ2n) is 2.43. The number of primary amides is 1. The fraction of sp³-hybridized carbons (Fsp3) is 0.857. The summed E-state index contributed by atoms with van der Waals surface area (Å²) in [5.74, 6) is -0.748. The van der Waals surface area contributed by atoms with Crippen molar-refractivity contribution in [3.8, 4) is 0 Å². The molecular weight excluding hydrogens is 193 g/mol. The third-order valence-electron chi connectivity index (χ3n) is 1.18. The maximum Gasteiger partial charge on any atom is 0.317 e. The van der Waals surface area contributed by atoms with Gasteiger partial charge in [0.1, 0.15) is 6.10 Å². The van der Waals surface area contributed by atoms with Crippen LogP contribution in [0.15, 0.2) is 0 Å². The van der Waals surface area contributed by atoms with Gasteiger partial charge in [-0.2, -0.15) is 0 Å². The van der Waals surface area contributed by atoms with Gasteiger partial charge in [-0.15, -0.1) is 0 Å². The molecule has 0 rings (SSSR count). The van der Waals surface area contributed by atoms with E-state index in [4.69, 9.17) is 4.89 Å². The minimum Gasteiger partial charge on any atom is -0.367 e. The number of carbonyl (C=O) groups is 1. The first-order valence-electron chi connectivity index (χ1n) is 4.14. The first-order chi connectivity index (χ1) is 5.95. The molecule has 0 fully saturated rings. The molecule has 0 aromatic carbocycles. The van der Waals surface area contributed by atoms with E-state index in [1.54, 1.807) is 0 Å². The fourth-order valence-electron chi connectivity index (χ4n) is 0.209. The highest BCUT2D eigenvalue weighted by molar-refractivity contribution is 7.32. The van der Waals surface area contributed by atoms with Gasteiger partial charge in [-0.05, 0) is 6.92 Å². The Morgan fingerprint density at radius 3 is 2.00 bits per heavy atom. The minimum atomic E-state index is -3.03. The normalized spacial score (nSPS) is 13.8. The summed E-state index contributed by atoms with van der Waals surface area (Å²) < 4.78 is 14.0. The van der Waals surface area contributed by atoms with Gasteiger partial charge in [0.05, 0.1) is 0 Å². The largest absolute Gasteiger partial charge is 0.367 e. The molecule has 6 heteroatoms. The Labute approximate surface area is 79.2 Å². The van der Waals surface area contributed by atoms with Crippen LogP contribution in [-0.2, 0) is 13.9 Å². The first kappa shape index (κ1) is 15.1. The van der Waals surface area contributed by atoms with Crippen LogP contribution in [0.4, 0.5) is 0 Å². The van der Waals surface area contributed by atoms with Gasteiger partial charge in [-0.1, -0.05) is 26.7 Å². The Kier molecular flexibility index (Phi) is 11.3. The molecule has 13 heavy (non-hydrogen) atoms. The number of amides is 1. The molecule has 0 saturated carbocycles. The smallest absolute Gasteiger partial charge is 0.317 e. The van der Waals surface area contributed by atoms with Gasteiger partial charge in [0.25, 0.3) is 0 Å². The molecule has 0 aliphatic rings. The molecule has 3 N–H and O–H groups in total. The molecule has 80 valence electrons. The van der Waals surface area contributed by atoms with Crippen LogP contribution in [0.25, 0.3) is 0 Å². The molecule has 2 unspecified atom stereocenters. The van der Waals surface area contributed by atoms with E-state index >= 15 is 0 Å². The summed E-state index contributed by atoms with van der Waals surface area (Å²) in [7, 11) is -3.03. The minimum absolute atomic E-state index is 0.748. The van der Waals surface area contributed by atoms with Gasteiger partial charge >= 0.3 is 8.25 Å². The maximum atomic E-state index is 10.1. The number of nitrogens with two attached hydrogens (primary N) is 1. The van der Waals surface area contributed by atoms with Crippen molar-refractivity contribution in [2.45, 2.75) is 39.7 Å². The SMILES string of the molecule is CC(O[PH](=O)O)C(N)=O.CCCC. The van der Waals surface area contributed by atoms with E-state index in [9.17, 15) is 9.36 Å². The lowest BCUT2D eigenvalue weighted by molar-refractivity contribution is -0.124. The van der Waals surface area contributed by atoms with Gasteiger partial charge in [0.15, 0.2) is 0 Å². The Bertz CT molecular complexity index is 161. The van der Waals surface area contributed by atoms with Crippen LogP contribution in [0.2, 0.25) is 0 Å². The molecule has 1 amide bonds. The first-order valence-corrected chi connectivity index (χ1v) is 5.40. The molecule has 0 aliphatic carbocycles. The van der Waals surface area contributed by atoms with Crippen LogP contribution < -0.4 is 5.73 Å². The topological polar surface area (TPSA) is 89.6 Å². The standard InChI is InChI=1S/C4H10.C3H8NO4P/c1-3-4-2;1-2(3(4)5)8-9(6)7/h3-4H2,1-2H3;2,9H,1H3,(H2,4,5)(H,6,7).